The molecule has 1 aromatic rings. The number of nitrogens with one attached hydrogen (secondary N) is 1. The minimum atomic E-state index is -3.75. The van der Waals surface area contributed by atoms with E-state index in [1.165, 1.54) is 22.5 Å². The van der Waals surface area contributed by atoms with Crippen molar-refractivity contribution in [2.75, 3.05) is 13.1 Å². The highest BCUT2D eigenvalue weighted by atomic mass is 79.9. The molecule has 1 heterocycles. The SMILES string of the molecule is NC(=[NH+]c1ccc(F)c(Br)c1)C(=O)C1CCCN(S(N)(=O)=O)CC1. The number of ketones is 1. The number of nitrogens with two attached hydrogens (primary N) is 2. The van der Waals surface area contributed by atoms with Crippen molar-refractivity contribution in [2.24, 2.45) is 16.8 Å². The van der Waals surface area contributed by atoms with Gasteiger partial charge >= 0.3 is 5.84 Å². The summed E-state index contributed by atoms with van der Waals surface area (Å²) in [4.78, 5) is 15.2. The number of hydrogen-bond acceptors (Lipinski definition) is 3. The van der Waals surface area contributed by atoms with E-state index >= 15 is 0 Å². The Morgan fingerprint density at radius 1 is 1.33 bits per heavy atom. The summed E-state index contributed by atoms with van der Waals surface area (Å²) in [6, 6.07) is 4.20. The second-order valence-corrected chi connectivity index (χ2v) is 8.00. The molecule has 7 nitrogen and oxygen atoms in total. The Morgan fingerprint density at radius 3 is 2.67 bits per heavy atom. The van der Waals surface area contributed by atoms with Crippen molar-refractivity contribution in [3.63, 3.8) is 0 Å². The Kier molecular flexibility index (Phi) is 6.07. The van der Waals surface area contributed by atoms with Crippen molar-refractivity contribution >= 4 is 43.4 Å². The first-order valence-electron chi connectivity index (χ1n) is 7.35. The van der Waals surface area contributed by atoms with Crippen LogP contribution in [-0.2, 0) is 15.0 Å². The lowest BCUT2D eigenvalue weighted by Gasteiger charge is -2.16. The summed E-state index contributed by atoms with van der Waals surface area (Å²) in [5.74, 6) is -1.14. The lowest BCUT2D eigenvalue weighted by Crippen LogP contribution is -2.72. The van der Waals surface area contributed by atoms with Crippen molar-refractivity contribution in [3.05, 3.63) is 28.5 Å². The van der Waals surface area contributed by atoms with E-state index in [1.54, 1.807) is 0 Å². The van der Waals surface area contributed by atoms with Gasteiger partial charge in [0.1, 0.15) is 11.5 Å². The number of Topliss-reactive ketones (excluding diaryl/α,β-unsaturated/α-hetero) is 1. The molecular formula is C14H19BrFN4O3S+. The van der Waals surface area contributed by atoms with Crippen LogP contribution in [-0.4, -0.2) is 37.4 Å². The summed E-state index contributed by atoms with van der Waals surface area (Å²) in [6.45, 7) is 0.478. The number of nitrogens with zero attached hydrogens (tertiary/aromatic N) is 1. The molecule has 0 aliphatic carbocycles. The largest absolute Gasteiger partial charge is 0.314 e. The number of carbonyl (C=O) groups is 1. The third-order valence-electron chi connectivity index (χ3n) is 3.88. The van der Waals surface area contributed by atoms with Crippen LogP contribution in [0.15, 0.2) is 22.7 Å². The summed E-state index contributed by atoms with van der Waals surface area (Å²) >= 11 is 3.06. The standard InChI is InChI=1S/C14H18BrFN4O3S/c15-11-8-10(3-4-12(11)16)19-14(17)13(21)9-2-1-6-20(7-5-9)24(18,22)23/h3-4,8-9H,1-2,5-7H2,(H2,17,19)(H2,18,22,23)/p+1. The smallest absolute Gasteiger partial charge is 0.285 e. The van der Waals surface area contributed by atoms with Crippen LogP contribution in [0.25, 0.3) is 0 Å². The molecule has 1 saturated heterocycles. The first-order valence-corrected chi connectivity index (χ1v) is 9.64. The highest BCUT2D eigenvalue weighted by Gasteiger charge is 2.30. The molecule has 1 unspecified atom stereocenters. The van der Waals surface area contributed by atoms with Gasteiger partial charge in [-0.15, -0.1) is 0 Å². The normalized spacial score (nSPS) is 20.6. The zero-order valence-corrected chi connectivity index (χ0v) is 15.2. The van der Waals surface area contributed by atoms with E-state index in [0.29, 0.717) is 31.5 Å². The summed E-state index contributed by atoms with van der Waals surface area (Å²) in [6.07, 6.45) is 1.41. The molecule has 0 saturated carbocycles. The highest BCUT2D eigenvalue weighted by Crippen LogP contribution is 2.19. The topological polar surface area (TPSA) is 120 Å². The van der Waals surface area contributed by atoms with Crippen molar-refractivity contribution in [1.29, 1.82) is 0 Å². The zero-order chi connectivity index (χ0) is 17.9. The van der Waals surface area contributed by atoms with Gasteiger partial charge in [-0.2, -0.15) is 12.7 Å². The van der Waals surface area contributed by atoms with Gasteiger partial charge in [0.15, 0.2) is 0 Å². The molecule has 0 spiro atoms. The molecule has 1 aliphatic rings. The third kappa shape index (κ3) is 4.82. The first-order chi connectivity index (χ1) is 11.2. The fourth-order valence-electron chi connectivity index (χ4n) is 2.60. The maximum Gasteiger partial charge on any atom is 0.314 e. The van der Waals surface area contributed by atoms with Crippen molar-refractivity contribution in [2.45, 2.75) is 19.3 Å². The fourth-order valence-corrected chi connectivity index (χ4v) is 3.72. The molecule has 0 aromatic heterocycles. The monoisotopic (exact) mass is 421 g/mol. The van der Waals surface area contributed by atoms with Crippen LogP contribution in [0.1, 0.15) is 19.3 Å². The number of hydrogen-bond donors (Lipinski definition) is 3. The van der Waals surface area contributed by atoms with Crippen LogP contribution in [0.3, 0.4) is 0 Å². The predicted molar refractivity (Wildman–Crippen MR) is 90.9 cm³/mol. The zero-order valence-electron chi connectivity index (χ0n) is 12.8. The van der Waals surface area contributed by atoms with Crippen molar-refractivity contribution < 1.29 is 22.6 Å². The van der Waals surface area contributed by atoms with Gasteiger partial charge in [-0.3, -0.25) is 10.5 Å². The van der Waals surface area contributed by atoms with Crippen LogP contribution >= 0.6 is 15.9 Å². The molecule has 1 aromatic carbocycles. The van der Waals surface area contributed by atoms with Crippen LogP contribution in [0.2, 0.25) is 0 Å². The second-order valence-electron chi connectivity index (χ2n) is 5.60. The van der Waals surface area contributed by atoms with Crippen LogP contribution in [0.5, 0.6) is 0 Å². The lowest BCUT2D eigenvalue weighted by molar-refractivity contribution is -0.354. The quantitative estimate of drug-likeness (QED) is 0.449. The van der Waals surface area contributed by atoms with E-state index in [4.69, 9.17) is 10.9 Å². The average molecular weight is 422 g/mol. The van der Waals surface area contributed by atoms with E-state index in [-0.39, 0.29) is 28.6 Å². The molecule has 0 amide bonds. The van der Waals surface area contributed by atoms with Gasteiger partial charge in [-0.25, -0.2) is 14.5 Å². The number of benzene rings is 1. The van der Waals surface area contributed by atoms with Gasteiger partial charge in [-0.05, 0) is 47.3 Å². The predicted octanol–water partition coefficient (Wildman–Crippen LogP) is -0.468. The summed E-state index contributed by atoms with van der Waals surface area (Å²) in [5.41, 5.74) is 6.31. The van der Waals surface area contributed by atoms with Crippen molar-refractivity contribution in [3.8, 4) is 0 Å². The maximum atomic E-state index is 13.2. The Bertz CT molecular complexity index is 769. The molecular weight excluding hydrogens is 403 g/mol. The second kappa shape index (κ2) is 7.68. The van der Waals surface area contributed by atoms with Gasteiger partial charge in [0.25, 0.3) is 10.2 Å². The summed E-state index contributed by atoms with van der Waals surface area (Å²) < 4.78 is 37.4. The van der Waals surface area contributed by atoms with Gasteiger partial charge in [-0.1, -0.05) is 0 Å². The fraction of sp³-hybridized carbons (Fsp3) is 0.429. The van der Waals surface area contributed by atoms with Gasteiger partial charge in [0.05, 0.1) is 4.47 Å². The van der Waals surface area contributed by atoms with E-state index in [0.717, 1.165) is 0 Å². The number of carbonyl (C=O) groups excluding carboxylic acids is 1. The maximum absolute atomic E-state index is 13.2. The molecule has 2 rings (SSSR count). The third-order valence-corrected chi connectivity index (χ3v) is 5.57. The van der Waals surface area contributed by atoms with E-state index in [2.05, 4.69) is 20.9 Å². The first kappa shape index (κ1) is 19.0. The molecule has 1 atom stereocenters. The summed E-state index contributed by atoms with van der Waals surface area (Å²) in [5, 5.41) is 5.13. The van der Waals surface area contributed by atoms with E-state index in [9.17, 15) is 17.6 Å². The molecule has 5 N–H and O–H groups in total. The molecule has 132 valence electrons. The van der Waals surface area contributed by atoms with E-state index in [1.807, 2.05) is 0 Å². The van der Waals surface area contributed by atoms with Crippen LogP contribution in [0, 0.1) is 11.7 Å². The molecule has 10 heteroatoms. The van der Waals surface area contributed by atoms with Crippen LogP contribution < -0.4 is 15.9 Å². The Labute approximate surface area is 148 Å². The summed E-state index contributed by atoms with van der Waals surface area (Å²) in [7, 11) is -3.75. The van der Waals surface area contributed by atoms with Crippen LogP contribution in [0.4, 0.5) is 10.1 Å². The van der Waals surface area contributed by atoms with Gasteiger partial charge in [0.2, 0.25) is 5.78 Å². The Morgan fingerprint density at radius 2 is 2.04 bits per heavy atom. The highest BCUT2D eigenvalue weighted by molar-refractivity contribution is 9.10. The van der Waals surface area contributed by atoms with Gasteiger partial charge in [0, 0.05) is 25.1 Å². The lowest BCUT2D eigenvalue weighted by atomic mass is 9.95. The minimum absolute atomic E-state index is 0.0532. The van der Waals surface area contributed by atoms with Crippen molar-refractivity contribution in [1.82, 2.24) is 4.31 Å². The Hall–Kier alpha value is -1.36. The average Bonchev–Trinajstić information content (AvgIpc) is 2.76. The Balaban J connectivity index is 2.10. The molecule has 1 aliphatic heterocycles. The molecule has 0 radical (unpaired) electrons. The number of halogens is 2. The number of amidine groups is 1. The molecule has 24 heavy (non-hydrogen) atoms. The van der Waals surface area contributed by atoms with E-state index < -0.39 is 16.0 Å². The number of rotatable bonds is 4. The minimum Gasteiger partial charge on any atom is -0.285 e. The molecule has 1 fully saturated rings. The molecule has 0 bridgehead atoms. The van der Waals surface area contributed by atoms with Gasteiger partial charge < -0.3 is 0 Å².